The molecule has 0 aromatic carbocycles. The molecule has 43 heavy (non-hydrogen) atoms. The van der Waals surface area contributed by atoms with E-state index >= 15 is 0 Å². The van der Waals surface area contributed by atoms with Crippen LogP contribution in [-0.4, -0.2) is 35.6 Å². The molecule has 0 aliphatic rings. The summed E-state index contributed by atoms with van der Waals surface area (Å²) < 4.78 is 5.97. The van der Waals surface area contributed by atoms with Gasteiger partial charge in [-0.05, 0) is 38.5 Å². The third kappa shape index (κ3) is 33.1. The predicted molar refractivity (Wildman–Crippen MR) is 180 cm³/mol. The molecule has 0 rings (SSSR count). The van der Waals surface area contributed by atoms with Crippen LogP contribution in [0.1, 0.15) is 206 Å². The molecule has 0 spiro atoms. The standard InChI is InChI=1S/C37H71NO5/c1-3-5-7-9-11-12-13-14-15-16-17-19-21-25-29-34(43-37(42)32-28-24-18-10-8-6-4-2)30-26-22-20-23-27-31-35(39)38-33-36(40)41/h34H,3-33H2,1-2H3,(H,38,39)(H,40,41). The molecule has 2 N–H and O–H groups in total. The molecule has 6 nitrogen and oxygen atoms in total. The molecule has 0 bridgehead atoms. The normalized spacial score (nSPS) is 11.9. The van der Waals surface area contributed by atoms with Crippen LogP contribution in [0, 0.1) is 0 Å². The van der Waals surface area contributed by atoms with Gasteiger partial charge in [-0.3, -0.25) is 14.4 Å². The van der Waals surface area contributed by atoms with E-state index in [1.165, 1.54) is 116 Å². The van der Waals surface area contributed by atoms with Gasteiger partial charge in [-0.25, -0.2) is 0 Å². The van der Waals surface area contributed by atoms with E-state index in [-0.39, 0.29) is 24.5 Å². The second-order valence-electron chi connectivity index (χ2n) is 12.8. The summed E-state index contributed by atoms with van der Waals surface area (Å²) in [7, 11) is 0. The molecule has 0 saturated carbocycles. The molecule has 0 aromatic heterocycles. The zero-order valence-corrected chi connectivity index (χ0v) is 28.6. The maximum absolute atomic E-state index is 12.6. The first-order valence-electron chi connectivity index (χ1n) is 18.7. The summed E-state index contributed by atoms with van der Waals surface area (Å²) in [4.78, 5) is 34.7. The molecule has 0 aliphatic heterocycles. The van der Waals surface area contributed by atoms with Crippen molar-refractivity contribution in [1.29, 1.82) is 0 Å². The van der Waals surface area contributed by atoms with Gasteiger partial charge < -0.3 is 15.2 Å². The lowest BCUT2D eigenvalue weighted by atomic mass is 10.0. The van der Waals surface area contributed by atoms with Crippen LogP contribution in [0.4, 0.5) is 0 Å². The van der Waals surface area contributed by atoms with Crippen molar-refractivity contribution < 1.29 is 24.2 Å². The fourth-order valence-electron chi connectivity index (χ4n) is 5.75. The summed E-state index contributed by atoms with van der Waals surface area (Å²) in [5.41, 5.74) is 0. The third-order valence-electron chi connectivity index (χ3n) is 8.53. The van der Waals surface area contributed by atoms with Gasteiger partial charge in [0.2, 0.25) is 5.91 Å². The van der Waals surface area contributed by atoms with Crippen molar-refractivity contribution in [3.8, 4) is 0 Å². The molecule has 1 unspecified atom stereocenters. The number of nitrogens with one attached hydrogen (secondary N) is 1. The Morgan fingerprint density at radius 3 is 1.26 bits per heavy atom. The molecule has 0 heterocycles. The fourth-order valence-corrected chi connectivity index (χ4v) is 5.75. The van der Waals surface area contributed by atoms with Crippen molar-refractivity contribution in [2.45, 2.75) is 213 Å². The van der Waals surface area contributed by atoms with Gasteiger partial charge in [0, 0.05) is 12.8 Å². The van der Waals surface area contributed by atoms with E-state index in [0.29, 0.717) is 12.8 Å². The van der Waals surface area contributed by atoms with Crippen LogP contribution in [0.3, 0.4) is 0 Å². The molecular weight excluding hydrogens is 538 g/mol. The number of esters is 1. The largest absolute Gasteiger partial charge is 0.480 e. The summed E-state index contributed by atoms with van der Waals surface area (Å²) in [5, 5.41) is 11.0. The number of carboxylic acid groups (broad SMARTS) is 1. The summed E-state index contributed by atoms with van der Waals surface area (Å²) in [6, 6.07) is 0. The minimum Gasteiger partial charge on any atom is -0.480 e. The lowest BCUT2D eigenvalue weighted by Crippen LogP contribution is -2.28. The van der Waals surface area contributed by atoms with Crippen molar-refractivity contribution in [2.24, 2.45) is 0 Å². The van der Waals surface area contributed by atoms with Gasteiger partial charge in [0.15, 0.2) is 0 Å². The SMILES string of the molecule is CCCCCCCCCCCCCCCCC(CCCCCCCC(=O)NCC(=O)O)OC(=O)CCCCCCCCC. The van der Waals surface area contributed by atoms with Crippen LogP contribution < -0.4 is 5.32 Å². The van der Waals surface area contributed by atoms with Gasteiger partial charge in [0.05, 0.1) is 0 Å². The van der Waals surface area contributed by atoms with Crippen molar-refractivity contribution in [3.05, 3.63) is 0 Å². The number of ether oxygens (including phenoxy) is 1. The van der Waals surface area contributed by atoms with Crippen LogP contribution in [0.5, 0.6) is 0 Å². The zero-order valence-electron chi connectivity index (χ0n) is 28.6. The minimum absolute atomic E-state index is 0.0173. The van der Waals surface area contributed by atoms with Crippen molar-refractivity contribution >= 4 is 17.8 Å². The van der Waals surface area contributed by atoms with Gasteiger partial charge in [0.25, 0.3) is 0 Å². The lowest BCUT2D eigenvalue weighted by molar-refractivity contribution is -0.150. The predicted octanol–water partition coefficient (Wildman–Crippen LogP) is 10.8. The van der Waals surface area contributed by atoms with E-state index < -0.39 is 5.97 Å². The Hall–Kier alpha value is -1.59. The highest BCUT2D eigenvalue weighted by atomic mass is 16.5. The van der Waals surface area contributed by atoms with Crippen molar-refractivity contribution in [1.82, 2.24) is 5.32 Å². The number of carbonyl (C=O) groups excluding carboxylic acids is 2. The molecule has 0 fully saturated rings. The highest BCUT2D eigenvalue weighted by Crippen LogP contribution is 2.19. The molecule has 254 valence electrons. The molecule has 1 atom stereocenters. The first-order chi connectivity index (χ1) is 21.0. The second kappa shape index (κ2) is 33.3. The molecule has 1 amide bonds. The zero-order chi connectivity index (χ0) is 31.6. The first kappa shape index (κ1) is 41.4. The first-order valence-corrected chi connectivity index (χ1v) is 18.7. The maximum atomic E-state index is 12.6. The molecule has 0 aromatic rings. The monoisotopic (exact) mass is 610 g/mol. The number of amides is 1. The van der Waals surface area contributed by atoms with E-state index in [2.05, 4.69) is 19.2 Å². The maximum Gasteiger partial charge on any atom is 0.322 e. The van der Waals surface area contributed by atoms with Gasteiger partial charge >= 0.3 is 11.9 Å². The summed E-state index contributed by atoms with van der Waals surface area (Å²) in [5.74, 6) is -1.22. The number of rotatable bonds is 34. The lowest BCUT2D eigenvalue weighted by Gasteiger charge is -2.18. The van der Waals surface area contributed by atoms with Crippen LogP contribution in [-0.2, 0) is 19.1 Å². The van der Waals surface area contributed by atoms with E-state index in [9.17, 15) is 14.4 Å². The second-order valence-corrected chi connectivity index (χ2v) is 12.8. The topological polar surface area (TPSA) is 92.7 Å². The number of hydrogen-bond donors (Lipinski definition) is 2. The Kier molecular flexibility index (Phi) is 32.1. The van der Waals surface area contributed by atoms with E-state index in [0.717, 1.165) is 64.2 Å². The smallest absolute Gasteiger partial charge is 0.322 e. The molecular formula is C37H71NO5. The Labute approximate surface area is 266 Å². The summed E-state index contributed by atoms with van der Waals surface area (Å²) >= 11 is 0. The van der Waals surface area contributed by atoms with Crippen LogP contribution in [0.25, 0.3) is 0 Å². The number of aliphatic carboxylic acids is 1. The van der Waals surface area contributed by atoms with Crippen molar-refractivity contribution in [3.63, 3.8) is 0 Å². The molecule has 0 aliphatic carbocycles. The van der Waals surface area contributed by atoms with Crippen LogP contribution in [0.15, 0.2) is 0 Å². The number of hydrogen-bond acceptors (Lipinski definition) is 4. The summed E-state index contributed by atoms with van der Waals surface area (Å²) in [6.07, 6.45) is 35.1. The number of carboxylic acids is 1. The highest BCUT2D eigenvalue weighted by Gasteiger charge is 2.14. The molecule has 0 radical (unpaired) electrons. The van der Waals surface area contributed by atoms with Gasteiger partial charge in [-0.1, -0.05) is 155 Å². The molecule has 0 saturated heterocycles. The Morgan fingerprint density at radius 1 is 0.512 bits per heavy atom. The average molecular weight is 610 g/mol. The van der Waals surface area contributed by atoms with Gasteiger partial charge in [-0.15, -0.1) is 0 Å². The minimum atomic E-state index is -1.01. The third-order valence-corrected chi connectivity index (χ3v) is 8.53. The van der Waals surface area contributed by atoms with E-state index in [1.807, 2.05) is 0 Å². The van der Waals surface area contributed by atoms with Crippen LogP contribution in [0.2, 0.25) is 0 Å². The van der Waals surface area contributed by atoms with E-state index in [1.54, 1.807) is 0 Å². The fraction of sp³-hybridized carbons (Fsp3) is 0.919. The van der Waals surface area contributed by atoms with Gasteiger partial charge in [0.1, 0.15) is 12.6 Å². The Bertz CT molecular complexity index is 638. The number of unbranched alkanes of at least 4 members (excludes halogenated alkanes) is 23. The average Bonchev–Trinajstić information content (AvgIpc) is 2.99. The Balaban J connectivity index is 4.10. The number of carbonyl (C=O) groups is 3. The molecule has 6 heteroatoms. The quantitative estimate of drug-likeness (QED) is 0.0559. The Morgan fingerprint density at radius 2 is 0.860 bits per heavy atom. The van der Waals surface area contributed by atoms with E-state index in [4.69, 9.17) is 9.84 Å². The van der Waals surface area contributed by atoms with Crippen molar-refractivity contribution in [2.75, 3.05) is 6.54 Å². The van der Waals surface area contributed by atoms with Crippen LogP contribution >= 0.6 is 0 Å². The van der Waals surface area contributed by atoms with Gasteiger partial charge in [-0.2, -0.15) is 0 Å². The highest BCUT2D eigenvalue weighted by molar-refractivity contribution is 5.80. The summed E-state index contributed by atoms with van der Waals surface area (Å²) in [6.45, 7) is 4.20.